The molecule has 0 unspecified atom stereocenters. The Morgan fingerprint density at radius 3 is 2.48 bits per heavy atom. The number of nitrogens with one attached hydrogen (secondary N) is 1. The van der Waals surface area contributed by atoms with Gasteiger partial charge in [0.15, 0.2) is 0 Å². The molecule has 2 N–H and O–H groups in total. The van der Waals surface area contributed by atoms with Crippen LogP contribution in [-0.2, 0) is 13.2 Å². The van der Waals surface area contributed by atoms with Gasteiger partial charge < -0.3 is 15.2 Å². The van der Waals surface area contributed by atoms with E-state index in [1.54, 1.807) is 6.07 Å². The van der Waals surface area contributed by atoms with Crippen molar-refractivity contribution in [1.29, 1.82) is 0 Å². The second-order valence-corrected chi connectivity index (χ2v) is 6.24. The standard InChI is InChI=1S/C21H23N3O3/c1-16(17-8-4-2-5-9-17)22-12-13-24-20(21(25)26)14-18(23-24)15-27-19-10-6-3-7-11-19/h2-11,14,16,22H,12-13,15H2,1H3,(H,25,26)/t16-/m1/s1. The van der Waals surface area contributed by atoms with Crippen LogP contribution in [0.4, 0.5) is 0 Å². The highest BCUT2D eigenvalue weighted by molar-refractivity contribution is 5.85. The normalized spacial score (nSPS) is 11.9. The fourth-order valence-electron chi connectivity index (χ4n) is 2.80. The SMILES string of the molecule is C[C@@H](NCCn1nc(COc2ccccc2)cc1C(=O)O)c1ccccc1. The van der Waals surface area contributed by atoms with E-state index in [2.05, 4.69) is 29.5 Å². The van der Waals surface area contributed by atoms with Gasteiger partial charge in [0.2, 0.25) is 0 Å². The van der Waals surface area contributed by atoms with E-state index in [1.165, 1.54) is 10.2 Å². The summed E-state index contributed by atoms with van der Waals surface area (Å²) in [5.41, 5.74) is 1.94. The van der Waals surface area contributed by atoms with Crippen LogP contribution in [0, 0.1) is 0 Å². The summed E-state index contributed by atoms with van der Waals surface area (Å²) in [5, 5.41) is 17.2. The molecule has 2 aromatic carbocycles. The zero-order valence-electron chi connectivity index (χ0n) is 15.2. The maximum Gasteiger partial charge on any atom is 0.354 e. The van der Waals surface area contributed by atoms with Gasteiger partial charge >= 0.3 is 5.97 Å². The van der Waals surface area contributed by atoms with Gasteiger partial charge in [-0.1, -0.05) is 48.5 Å². The zero-order chi connectivity index (χ0) is 19.1. The van der Waals surface area contributed by atoms with E-state index >= 15 is 0 Å². The first-order chi connectivity index (χ1) is 13.1. The topological polar surface area (TPSA) is 76.4 Å². The van der Waals surface area contributed by atoms with Crippen molar-refractivity contribution in [1.82, 2.24) is 15.1 Å². The first-order valence-electron chi connectivity index (χ1n) is 8.89. The van der Waals surface area contributed by atoms with Gasteiger partial charge in [0.1, 0.15) is 23.7 Å². The maximum atomic E-state index is 11.5. The number of para-hydroxylation sites is 1. The fourth-order valence-corrected chi connectivity index (χ4v) is 2.80. The number of carboxylic acid groups (broad SMARTS) is 1. The van der Waals surface area contributed by atoms with Crippen molar-refractivity contribution in [3.8, 4) is 5.75 Å². The van der Waals surface area contributed by atoms with Crippen molar-refractivity contribution in [3.05, 3.63) is 83.7 Å². The molecule has 3 rings (SSSR count). The van der Waals surface area contributed by atoms with Gasteiger partial charge in [-0.2, -0.15) is 5.10 Å². The molecular formula is C21H23N3O3. The van der Waals surface area contributed by atoms with Gasteiger partial charge in [-0.05, 0) is 30.7 Å². The molecule has 0 aliphatic carbocycles. The second-order valence-electron chi connectivity index (χ2n) is 6.24. The minimum atomic E-state index is -0.996. The molecule has 140 valence electrons. The van der Waals surface area contributed by atoms with E-state index in [1.807, 2.05) is 48.5 Å². The van der Waals surface area contributed by atoms with Crippen LogP contribution in [0.5, 0.6) is 5.75 Å². The predicted molar refractivity (Wildman–Crippen MR) is 103 cm³/mol. The molecule has 1 heterocycles. The van der Waals surface area contributed by atoms with Gasteiger partial charge in [-0.25, -0.2) is 4.79 Å². The highest BCUT2D eigenvalue weighted by atomic mass is 16.5. The molecule has 1 atom stereocenters. The maximum absolute atomic E-state index is 11.5. The Kier molecular flexibility index (Phi) is 6.22. The van der Waals surface area contributed by atoms with Crippen molar-refractivity contribution >= 4 is 5.97 Å². The van der Waals surface area contributed by atoms with Crippen LogP contribution >= 0.6 is 0 Å². The quantitative estimate of drug-likeness (QED) is 0.607. The molecule has 0 saturated heterocycles. The average Bonchev–Trinajstić information content (AvgIpc) is 3.11. The summed E-state index contributed by atoms with van der Waals surface area (Å²) in [6.07, 6.45) is 0. The molecule has 6 heteroatoms. The predicted octanol–water partition coefficient (Wildman–Crippen LogP) is 3.51. The van der Waals surface area contributed by atoms with Crippen molar-refractivity contribution in [2.24, 2.45) is 0 Å². The number of hydrogen-bond acceptors (Lipinski definition) is 4. The van der Waals surface area contributed by atoms with E-state index in [-0.39, 0.29) is 18.3 Å². The van der Waals surface area contributed by atoms with Crippen LogP contribution in [0.3, 0.4) is 0 Å². The number of aromatic nitrogens is 2. The Morgan fingerprint density at radius 1 is 1.15 bits per heavy atom. The Balaban J connectivity index is 1.59. The number of ether oxygens (including phenoxy) is 1. The summed E-state index contributed by atoms with van der Waals surface area (Å²) in [4.78, 5) is 11.5. The van der Waals surface area contributed by atoms with E-state index in [9.17, 15) is 9.90 Å². The third-order valence-electron chi connectivity index (χ3n) is 4.25. The van der Waals surface area contributed by atoms with Crippen LogP contribution in [0.1, 0.15) is 34.7 Å². The van der Waals surface area contributed by atoms with Gasteiger partial charge in [0, 0.05) is 12.6 Å². The number of carboxylic acids is 1. The molecule has 0 amide bonds. The summed E-state index contributed by atoms with van der Waals surface area (Å²) in [7, 11) is 0. The largest absolute Gasteiger partial charge is 0.487 e. The molecule has 0 aliphatic heterocycles. The second kappa shape index (κ2) is 9.00. The average molecular weight is 365 g/mol. The van der Waals surface area contributed by atoms with Gasteiger partial charge in [0.25, 0.3) is 0 Å². The van der Waals surface area contributed by atoms with E-state index in [0.717, 1.165) is 5.75 Å². The molecule has 3 aromatic rings. The van der Waals surface area contributed by atoms with Crippen LogP contribution in [-0.4, -0.2) is 27.4 Å². The van der Waals surface area contributed by atoms with Gasteiger partial charge in [0.05, 0.1) is 6.54 Å². The molecule has 0 saturated carbocycles. The van der Waals surface area contributed by atoms with Crippen LogP contribution < -0.4 is 10.1 Å². The molecule has 0 spiro atoms. The summed E-state index contributed by atoms with van der Waals surface area (Å²) in [6, 6.07) is 21.2. The first kappa shape index (κ1) is 18.7. The lowest BCUT2D eigenvalue weighted by atomic mass is 10.1. The lowest BCUT2D eigenvalue weighted by Gasteiger charge is -2.14. The fraction of sp³-hybridized carbons (Fsp3) is 0.238. The first-order valence-corrected chi connectivity index (χ1v) is 8.89. The van der Waals surface area contributed by atoms with Crippen LogP contribution in [0.25, 0.3) is 0 Å². The van der Waals surface area contributed by atoms with Crippen molar-refractivity contribution in [2.45, 2.75) is 26.1 Å². The lowest BCUT2D eigenvalue weighted by molar-refractivity contribution is 0.0683. The minimum Gasteiger partial charge on any atom is -0.487 e. The molecule has 0 bridgehead atoms. The third kappa shape index (κ3) is 5.18. The molecule has 27 heavy (non-hydrogen) atoms. The summed E-state index contributed by atoms with van der Waals surface area (Å²) >= 11 is 0. The molecule has 0 radical (unpaired) electrons. The lowest BCUT2D eigenvalue weighted by Crippen LogP contribution is -2.25. The Hall–Kier alpha value is -3.12. The highest BCUT2D eigenvalue weighted by Crippen LogP contribution is 2.13. The van der Waals surface area contributed by atoms with Crippen LogP contribution in [0.15, 0.2) is 66.7 Å². The number of benzene rings is 2. The Labute approximate surface area is 158 Å². The summed E-state index contributed by atoms with van der Waals surface area (Å²) in [5.74, 6) is -0.271. The molecule has 6 nitrogen and oxygen atoms in total. The summed E-state index contributed by atoms with van der Waals surface area (Å²) in [6.45, 7) is 3.38. The monoisotopic (exact) mass is 365 g/mol. The zero-order valence-corrected chi connectivity index (χ0v) is 15.2. The smallest absolute Gasteiger partial charge is 0.354 e. The molecular weight excluding hydrogens is 342 g/mol. The third-order valence-corrected chi connectivity index (χ3v) is 4.25. The highest BCUT2D eigenvalue weighted by Gasteiger charge is 2.15. The van der Waals surface area contributed by atoms with E-state index in [4.69, 9.17) is 4.74 Å². The summed E-state index contributed by atoms with van der Waals surface area (Å²) < 4.78 is 7.17. The number of carbonyl (C=O) groups is 1. The number of hydrogen-bond donors (Lipinski definition) is 2. The van der Waals surface area contributed by atoms with Gasteiger partial charge in [-0.15, -0.1) is 0 Å². The van der Waals surface area contributed by atoms with Gasteiger partial charge in [-0.3, -0.25) is 4.68 Å². The van der Waals surface area contributed by atoms with E-state index in [0.29, 0.717) is 18.8 Å². The number of nitrogens with zero attached hydrogens (tertiary/aromatic N) is 2. The number of aromatic carboxylic acids is 1. The molecule has 1 aromatic heterocycles. The Bertz CT molecular complexity index is 863. The van der Waals surface area contributed by atoms with E-state index < -0.39 is 5.97 Å². The molecule has 0 fully saturated rings. The van der Waals surface area contributed by atoms with Crippen molar-refractivity contribution in [3.63, 3.8) is 0 Å². The van der Waals surface area contributed by atoms with Crippen molar-refractivity contribution in [2.75, 3.05) is 6.54 Å². The van der Waals surface area contributed by atoms with Crippen LogP contribution in [0.2, 0.25) is 0 Å². The molecule has 0 aliphatic rings. The number of rotatable bonds is 9. The van der Waals surface area contributed by atoms with Crippen molar-refractivity contribution < 1.29 is 14.6 Å². The Morgan fingerprint density at radius 2 is 1.81 bits per heavy atom. The minimum absolute atomic E-state index is 0.163.